The van der Waals surface area contributed by atoms with Gasteiger partial charge < -0.3 is 10.4 Å². The van der Waals surface area contributed by atoms with Crippen molar-refractivity contribution < 1.29 is 14.7 Å². The van der Waals surface area contributed by atoms with Gasteiger partial charge in [-0.1, -0.05) is 24.3 Å². The van der Waals surface area contributed by atoms with Crippen LogP contribution in [-0.2, 0) is 29.0 Å². The maximum absolute atomic E-state index is 11.8. The second-order valence-electron chi connectivity index (χ2n) is 4.42. The maximum Gasteiger partial charge on any atom is 0.307 e. The van der Waals surface area contributed by atoms with Crippen molar-refractivity contribution in [3.8, 4) is 0 Å². The van der Waals surface area contributed by atoms with E-state index in [4.69, 9.17) is 5.11 Å². The van der Waals surface area contributed by atoms with Crippen molar-refractivity contribution in [1.82, 2.24) is 5.32 Å². The summed E-state index contributed by atoms with van der Waals surface area (Å²) in [5.41, 5.74) is 2.57. The van der Waals surface area contributed by atoms with Crippen molar-refractivity contribution in [3.63, 3.8) is 0 Å². The van der Waals surface area contributed by atoms with Crippen LogP contribution in [0.4, 0.5) is 0 Å². The Morgan fingerprint density at radius 2 is 1.85 bits per heavy atom. The summed E-state index contributed by atoms with van der Waals surface area (Å²) >= 11 is 1.56. The molecule has 0 spiro atoms. The summed E-state index contributed by atoms with van der Waals surface area (Å²) in [6.07, 6.45) is 0.321. The molecule has 1 amide bonds. The summed E-state index contributed by atoms with van der Waals surface area (Å²) in [5.74, 6) is -0.935. The van der Waals surface area contributed by atoms with Crippen molar-refractivity contribution >= 4 is 23.2 Å². The Bertz CT molecular complexity index is 593. The van der Waals surface area contributed by atoms with Crippen molar-refractivity contribution in [2.45, 2.75) is 19.4 Å². The van der Waals surface area contributed by atoms with Crippen molar-refractivity contribution in [1.29, 1.82) is 0 Å². The van der Waals surface area contributed by atoms with Crippen LogP contribution in [0.2, 0.25) is 0 Å². The van der Waals surface area contributed by atoms with E-state index in [0.29, 0.717) is 13.0 Å². The first kappa shape index (κ1) is 14.3. The monoisotopic (exact) mass is 289 g/mol. The van der Waals surface area contributed by atoms with Crippen LogP contribution in [0.3, 0.4) is 0 Å². The van der Waals surface area contributed by atoms with Gasteiger partial charge in [-0.05, 0) is 33.5 Å². The number of nitrogens with one attached hydrogen (secondary N) is 1. The molecule has 2 aromatic rings. The van der Waals surface area contributed by atoms with Gasteiger partial charge in [-0.2, -0.15) is 11.3 Å². The molecule has 0 fully saturated rings. The highest BCUT2D eigenvalue weighted by Crippen LogP contribution is 2.10. The molecule has 0 bridgehead atoms. The van der Waals surface area contributed by atoms with Crippen LogP contribution in [0.5, 0.6) is 0 Å². The first-order valence-electron chi connectivity index (χ1n) is 6.21. The standard InChI is InChI=1S/C15H15NO3S/c17-14(7-11-5-6-20-10-11)16-9-13-4-2-1-3-12(13)8-15(18)19/h1-6,10H,7-9H2,(H,16,17)(H,18,19). The van der Waals surface area contributed by atoms with E-state index in [9.17, 15) is 9.59 Å². The van der Waals surface area contributed by atoms with Crippen LogP contribution >= 0.6 is 11.3 Å². The van der Waals surface area contributed by atoms with Crippen LogP contribution in [0, 0.1) is 0 Å². The van der Waals surface area contributed by atoms with E-state index in [1.807, 2.05) is 29.0 Å². The predicted octanol–water partition coefficient (Wildman–Crippen LogP) is 2.23. The number of carbonyl (C=O) groups is 2. The van der Waals surface area contributed by atoms with Crippen LogP contribution in [-0.4, -0.2) is 17.0 Å². The fraction of sp³-hybridized carbons (Fsp3) is 0.200. The van der Waals surface area contributed by atoms with Gasteiger partial charge in [0.25, 0.3) is 0 Å². The molecule has 0 radical (unpaired) electrons. The molecule has 2 N–H and O–H groups in total. The van der Waals surface area contributed by atoms with Gasteiger partial charge in [0.15, 0.2) is 0 Å². The molecular formula is C15H15NO3S. The summed E-state index contributed by atoms with van der Waals surface area (Å²) in [4.78, 5) is 22.6. The molecular weight excluding hydrogens is 274 g/mol. The molecule has 2 rings (SSSR count). The lowest BCUT2D eigenvalue weighted by molar-refractivity contribution is -0.136. The second-order valence-corrected chi connectivity index (χ2v) is 5.20. The van der Waals surface area contributed by atoms with Crippen molar-refractivity contribution in [3.05, 3.63) is 57.8 Å². The van der Waals surface area contributed by atoms with Crippen LogP contribution in [0.15, 0.2) is 41.1 Å². The number of carboxylic acids is 1. The zero-order valence-electron chi connectivity index (χ0n) is 10.8. The van der Waals surface area contributed by atoms with E-state index in [2.05, 4.69) is 5.32 Å². The van der Waals surface area contributed by atoms with Gasteiger partial charge in [0.05, 0.1) is 12.8 Å². The summed E-state index contributed by atoms with van der Waals surface area (Å²) in [5, 5.41) is 15.6. The number of carboxylic acid groups (broad SMARTS) is 1. The minimum Gasteiger partial charge on any atom is -0.481 e. The van der Waals surface area contributed by atoms with Gasteiger partial charge in [-0.3, -0.25) is 9.59 Å². The third kappa shape index (κ3) is 4.20. The topological polar surface area (TPSA) is 66.4 Å². The third-order valence-corrected chi connectivity index (χ3v) is 3.61. The maximum atomic E-state index is 11.8. The van der Waals surface area contributed by atoms with E-state index in [0.717, 1.165) is 16.7 Å². The van der Waals surface area contributed by atoms with E-state index < -0.39 is 5.97 Å². The molecule has 0 atom stereocenters. The lowest BCUT2D eigenvalue weighted by Gasteiger charge is -2.09. The van der Waals surface area contributed by atoms with Gasteiger partial charge in [-0.15, -0.1) is 0 Å². The highest BCUT2D eigenvalue weighted by Gasteiger charge is 2.08. The zero-order chi connectivity index (χ0) is 14.4. The molecule has 0 aliphatic carbocycles. The van der Waals surface area contributed by atoms with Gasteiger partial charge in [0, 0.05) is 6.54 Å². The Morgan fingerprint density at radius 3 is 2.50 bits per heavy atom. The lowest BCUT2D eigenvalue weighted by atomic mass is 10.0. The first-order chi connectivity index (χ1) is 9.65. The Morgan fingerprint density at radius 1 is 1.10 bits per heavy atom. The van der Waals surface area contributed by atoms with E-state index in [-0.39, 0.29) is 12.3 Å². The molecule has 0 saturated carbocycles. The summed E-state index contributed by atoms with van der Waals surface area (Å²) in [6, 6.07) is 9.17. The molecule has 1 heterocycles. The highest BCUT2D eigenvalue weighted by molar-refractivity contribution is 7.07. The molecule has 5 heteroatoms. The zero-order valence-corrected chi connectivity index (χ0v) is 11.7. The normalized spacial score (nSPS) is 10.2. The summed E-state index contributed by atoms with van der Waals surface area (Å²) in [7, 11) is 0. The summed E-state index contributed by atoms with van der Waals surface area (Å²) < 4.78 is 0. The predicted molar refractivity (Wildman–Crippen MR) is 77.7 cm³/mol. The molecule has 0 aliphatic heterocycles. The Kier molecular flexibility index (Phi) is 4.90. The number of benzene rings is 1. The largest absolute Gasteiger partial charge is 0.481 e. The van der Waals surface area contributed by atoms with Gasteiger partial charge >= 0.3 is 5.97 Å². The smallest absolute Gasteiger partial charge is 0.307 e. The Labute approximate surface area is 121 Å². The lowest BCUT2D eigenvalue weighted by Crippen LogP contribution is -2.25. The average Bonchev–Trinajstić information content (AvgIpc) is 2.90. The van der Waals surface area contributed by atoms with E-state index in [1.54, 1.807) is 23.5 Å². The molecule has 104 valence electrons. The van der Waals surface area contributed by atoms with Crippen molar-refractivity contribution in [2.75, 3.05) is 0 Å². The average molecular weight is 289 g/mol. The molecule has 4 nitrogen and oxygen atoms in total. The number of thiophene rings is 1. The van der Waals surface area contributed by atoms with Gasteiger partial charge in [0.1, 0.15) is 0 Å². The van der Waals surface area contributed by atoms with E-state index >= 15 is 0 Å². The Hall–Kier alpha value is -2.14. The quantitative estimate of drug-likeness (QED) is 0.857. The molecule has 0 saturated heterocycles. The fourth-order valence-corrected chi connectivity index (χ4v) is 2.57. The third-order valence-electron chi connectivity index (χ3n) is 2.88. The number of amides is 1. The molecule has 0 aliphatic rings. The van der Waals surface area contributed by atoms with E-state index in [1.165, 1.54) is 0 Å². The molecule has 1 aromatic heterocycles. The SMILES string of the molecule is O=C(O)Cc1ccccc1CNC(=O)Cc1ccsc1. The number of aliphatic carboxylic acids is 1. The minimum absolute atomic E-state index is 0.0312. The van der Waals surface area contributed by atoms with Crippen LogP contribution < -0.4 is 5.32 Å². The number of rotatable bonds is 6. The minimum atomic E-state index is -0.873. The molecule has 1 aromatic carbocycles. The van der Waals surface area contributed by atoms with Crippen LogP contribution in [0.1, 0.15) is 16.7 Å². The number of carbonyl (C=O) groups excluding carboxylic acids is 1. The number of hydrogen-bond acceptors (Lipinski definition) is 3. The number of hydrogen-bond donors (Lipinski definition) is 2. The molecule has 20 heavy (non-hydrogen) atoms. The van der Waals surface area contributed by atoms with Crippen LogP contribution in [0.25, 0.3) is 0 Å². The van der Waals surface area contributed by atoms with Gasteiger partial charge in [-0.25, -0.2) is 0 Å². The Balaban J connectivity index is 1.93. The van der Waals surface area contributed by atoms with Crippen molar-refractivity contribution in [2.24, 2.45) is 0 Å². The van der Waals surface area contributed by atoms with Gasteiger partial charge in [0.2, 0.25) is 5.91 Å². The molecule has 0 unspecified atom stereocenters. The summed E-state index contributed by atoms with van der Waals surface area (Å²) in [6.45, 7) is 0.354. The first-order valence-corrected chi connectivity index (χ1v) is 7.16. The highest BCUT2D eigenvalue weighted by atomic mass is 32.1. The second kappa shape index (κ2) is 6.86. The fourth-order valence-electron chi connectivity index (χ4n) is 1.90.